The van der Waals surface area contributed by atoms with E-state index in [9.17, 15) is 0 Å². The van der Waals surface area contributed by atoms with E-state index in [2.05, 4.69) is 59.7 Å². The van der Waals surface area contributed by atoms with Gasteiger partial charge in [0.1, 0.15) is 5.75 Å². The highest BCUT2D eigenvalue weighted by atomic mass is 16.5. The summed E-state index contributed by atoms with van der Waals surface area (Å²) < 4.78 is 5.70. The first-order valence-corrected chi connectivity index (χ1v) is 6.59. The third-order valence-electron chi connectivity index (χ3n) is 2.98. The second-order valence-electron chi connectivity index (χ2n) is 6.80. The van der Waals surface area contributed by atoms with Crippen LogP contribution in [0.5, 0.6) is 5.75 Å². The van der Waals surface area contributed by atoms with Crippen molar-refractivity contribution in [2.45, 2.75) is 59.3 Å². The van der Waals surface area contributed by atoms with Gasteiger partial charge in [-0.1, -0.05) is 59.8 Å². The average Bonchev–Trinajstić information content (AvgIpc) is 2.23. The smallest absolute Gasteiger partial charge is 0.130 e. The number of allylic oxidation sites excluding steroid dienone is 1. The molecule has 18 heavy (non-hydrogen) atoms. The van der Waals surface area contributed by atoms with Gasteiger partial charge in [0.2, 0.25) is 0 Å². The maximum absolute atomic E-state index is 5.70. The second kappa shape index (κ2) is 5.17. The van der Waals surface area contributed by atoms with Crippen molar-refractivity contribution in [2.75, 3.05) is 0 Å². The van der Waals surface area contributed by atoms with Crippen LogP contribution in [0.1, 0.15) is 59.6 Å². The zero-order chi connectivity index (χ0) is 14.0. The molecule has 0 radical (unpaired) electrons. The Labute approximate surface area is 112 Å². The molecule has 1 rings (SSSR count). The van der Waals surface area contributed by atoms with E-state index in [4.69, 9.17) is 4.74 Å². The molecule has 0 heterocycles. The first-order chi connectivity index (χ1) is 8.16. The lowest BCUT2D eigenvalue weighted by Crippen LogP contribution is -2.17. The van der Waals surface area contributed by atoms with Crippen LogP contribution in [0.15, 0.2) is 30.5 Å². The molecule has 0 bridgehead atoms. The summed E-state index contributed by atoms with van der Waals surface area (Å²) in [5, 5.41) is 0. The van der Waals surface area contributed by atoms with Crippen LogP contribution in [0.25, 0.3) is 0 Å². The fourth-order valence-corrected chi connectivity index (χ4v) is 1.83. The summed E-state index contributed by atoms with van der Waals surface area (Å²) in [7, 11) is 0. The van der Waals surface area contributed by atoms with Crippen molar-refractivity contribution in [1.82, 2.24) is 0 Å². The lowest BCUT2D eigenvalue weighted by molar-refractivity contribution is 0.451. The normalized spacial score (nSPS) is 13.1. The molecule has 1 aromatic rings. The first-order valence-electron chi connectivity index (χ1n) is 6.59. The zero-order valence-corrected chi connectivity index (χ0v) is 12.8. The molecule has 1 aromatic carbocycles. The minimum absolute atomic E-state index is 0.0815. The Bertz CT molecular complexity index is 428. The van der Waals surface area contributed by atoms with E-state index in [-0.39, 0.29) is 10.8 Å². The summed E-state index contributed by atoms with van der Waals surface area (Å²) in [6.45, 7) is 15.3. The van der Waals surface area contributed by atoms with Crippen molar-refractivity contribution in [2.24, 2.45) is 0 Å². The molecule has 0 aliphatic carbocycles. The number of hydrogen-bond acceptors (Lipinski definition) is 1. The monoisotopic (exact) mass is 246 g/mol. The van der Waals surface area contributed by atoms with Crippen LogP contribution in [-0.4, -0.2) is 0 Å². The summed E-state index contributed by atoms with van der Waals surface area (Å²) in [5.41, 5.74) is 2.85. The van der Waals surface area contributed by atoms with Gasteiger partial charge in [0.25, 0.3) is 0 Å². The highest BCUT2D eigenvalue weighted by Crippen LogP contribution is 2.35. The largest absolute Gasteiger partial charge is 0.465 e. The summed E-state index contributed by atoms with van der Waals surface area (Å²) in [6, 6.07) is 6.52. The highest BCUT2D eigenvalue weighted by Gasteiger charge is 2.22. The minimum atomic E-state index is 0.0815. The van der Waals surface area contributed by atoms with Gasteiger partial charge in [0.05, 0.1) is 6.26 Å². The van der Waals surface area contributed by atoms with Crippen molar-refractivity contribution in [3.8, 4) is 5.75 Å². The molecule has 0 atom stereocenters. The van der Waals surface area contributed by atoms with Crippen LogP contribution >= 0.6 is 0 Å². The van der Waals surface area contributed by atoms with Gasteiger partial charge >= 0.3 is 0 Å². The van der Waals surface area contributed by atoms with Gasteiger partial charge in [-0.2, -0.15) is 0 Å². The van der Waals surface area contributed by atoms with Gasteiger partial charge in [-0.25, -0.2) is 0 Å². The number of ether oxygens (including phenoxy) is 1. The Morgan fingerprint density at radius 3 is 2.00 bits per heavy atom. The third kappa shape index (κ3) is 3.63. The minimum Gasteiger partial charge on any atom is -0.465 e. The lowest BCUT2D eigenvalue weighted by Gasteiger charge is -2.26. The molecule has 0 N–H and O–H groups in total. The van der Waals surface area contributed by atoms with E-state index in [0.29, 0.717) is 0 Å². The van der Waals surface area contributed by atoms with Gasteiger partial charge < -0.3 is 4.74 Å². The SMILES string of the molecule is C/C=C\Oc1ccc(C(C)(C)C)cc1C(C)(C)C. The van der Waals surface area contributed by atoms with Crippen LogP contribution in [0.4, 0.5) is 0 Å². The Morgan fingerprint density at radius 2 is 1.56 bits per heavy atom. The average molecular weight is 246 g/mol. The molecule has 0 fully saturated rings. The second-order valence-corrected chi connectivity index (χ2v) is 6.80. The van der Waals surface area contributed by atoms with E-state index in [0.717, 1.165) is 5.75 Å². The quantitative estimate of drug-likeness (QED) is 0.652. The number of benzene rings is 1. The molecular weight excluding hydrogens is 220 g/mol. The van der Waals surface area contributed by atoms with Crippen LogP contribution in [-0.2, 0) is 10.8 Å². The van der Waals surface area contributed by atoms with Crippen LogP contribution < -0.4 is 4.74 Å². The van der Waals surface area contributed by atoms with Gasteiger partial charge in [-0.3, -0.25) is 0 Å². The molecule has 0 aliphatic rings. The van der Waals surface area contributed by atoms with Crippen molar-refractivity contribution < 1.29 is 4.74 Å². The molecule has 1 nitrogen and oxygen atoms in total. The first kappa shape index (κ1) is 14.8. The number of rotatable bonds is 2. The van der Waals surface area contributed by atoms with Crippen molar-refractivity contribution in [1.29, 1.82) is 0 Å². The van der Waals surface area contributed by atoms with Gasteiger partial charge in [0.15, 0.2) is 0 Å². The van der Waals surface area contributed by atoms with Crippen LogP contribution in [0.2, 0.25) is 0 Å². The Balaban J connectivity index is 3.30. The summed E-state index contributed by atoms with van der Waals surface area (Å²) in [5.74, 6) is 0.952. The van der Waals surface area contributed by atoms with E-state index in [1.54, 1.807) is 6.26 Å². The van der Waals surface area contributed by atoms with Crippen LogP contribution in [0, 0.1) is 0 Å². The van der Waals surface area contributed by atoms with Crippen molar-refractivity contribution in [3.63, 3.8) is 0 Å². The standard InChI is InChI=1S/C17H26O/c1-8-11-18-15-10-9-13(16(2,3)4)12-14(15)17(5,6)7/h8-12H,1-7H3/b11-8-. The Kier molecular flexibility index (Phi) is 4.26. The maximum Gasteiger partial charge on any atom is 0.130 e. The van der Waals surface area contributed by atoms with E-state index < -0.39 is 0 Å². The van der Waals surface area contributed by atoms with Gasteiger partial charge in [0, 0.05) is 5.56 Å². The molecule has 1 heteroatoms. The molecule has 0 amide bonds. The van der Waals surface area contributed by atoms with Crippen molar-refractivity contribution in [3.05, 3.63) is 41.7 Å². The fourth-order valence-electron chi connectivity index (χ4n) is 1.83. The van der Waals surface area contributed by atoms with Gasteiger partial charge in [-0.05, 0) is 29.4 Å². The molecule has 0 saturated heterocycles. The molecule has 0 saturated carbocycles. The fraction of sp³-hybridized carbons (Fsp3) is 0.529. The van der Waals surface area contributed by atoms with E-state index in [1.807, 2.05) is 13.0 Å². The Morgan fingerprint density at radius 1 is 0.944 bits per heavy atom. The molecule has 0 aromatic heterocycles. The number of hydrogen-bond donors (Lipinski definition) is 0. The summed E-state index contributed by atoms with van der Waals surface area (Å²) >= 11 is 0. The van der Waals surface area contributed by atoms with E-state index >= 15 is 0 Å². The summed E-state index contributed by atoms with van der Waals surface area (Å²) in [6.07, 6.45) is 3.64. The molecule has 0 unspecified atom stereocenters. The molecule has 100 valence electrons. The van der Waals surface area contributed by atoms with Crippen molar-refractivity contribution >= 4 is 0 Å². The molecule has 0 aliphatic heterocycles. The van der Waals surface area contributed by atoms with E-state index in [1.165, 1.54) is 11.1 Å². The van der Waals surface area contributed by atoms with Gasteiger partial charge in [-0.15, -0.1) is 0 Å². The third-order valence-corrected chi connectivity index (χ3v) is 2.98. The Hall–Kier alpha value is -1.24. The predicted molar refractivity (Wildman–Crippen MR) is 79.3 cm³/mol. The summed E-state index contributed by atoms with van der Waals surface area (Å²) in [4.78, 5) is 0. The molecular formula is C17H26O. The lowest BCUT2D eigenvalue weighted by atomic mass is 9.80. The topological polar surface area (TPSA) is 9.23 Å². The van der Waals surface area contributed by atoms with Crippen LogP contribution in [0.3, 0.4) is 0 Å². The predicted octanol–water partition coefficient (Wildman–Crippen LogP) is 5.19. The highest BCUT2D eigenvalue weighted by molar-refractivity contribution is 5.43. The molecule has 0 spiro atoms. The zero-order valence-electron chi connectivity index (χ0n) is 12.8. The maximum atomic E-state index is 5.70.